The molecule has 0 spiro atoms. The third-order valence-electron chi connectivity index (χ3n) is 10.7. The number of rotatable bonds is 8. The Morgan fingerprint density at radius 3 is 2.66 bits per heavy atom. The Hall–Kier alpha value is -1.93. The fourth-order valence-corrected chi connectivity index (χ4v) is 8.53. The Bertz CT molecular complexity index is 1180. The van der Waals surface area contributed by atoms with Crippen LogP contribution in [0.25, 0.3) is 11.0 Å². The zero-order valence-corrected chi connectivity index (χ0v) is 23.3. The van der Waals surface area contributed by atoms with Gasteiger partial charge in [0.1, 0.15) is 12.1 Å². The molecule has 38 heavy (non-hydrogen) atoms. The minimum Gasteiger partial charge on any atom is -0.390 e. The van der Waals surface area contributed by atoms with E-state index in [1.165, 1.54) is 17.3 Å². The van der Waals surface area contributed by atoms with Crippen LogP contribution in [0.5, 0.6) is 0 Å². The van der Waals surface area contributed by atoms with Gasteiger partial charge in [-0.1, -0.05) is 26.7 Å². The monoisotopic (exact) mass is 531 g/mol. The number of methoxy groups -OCH3 is 1. The maximum atomic E-state index is 14.1. The molecule has 6 nitrogen and oxygen atoms in total. The minimum atomic E-state index is -1.02. The van der Waals surface area contributed by atoms with Crippen LogP contribution in [0.2, 0.25) is 0 Å². The van der Waals surface area contributed by atoms with Crippen molar-refractivity contribution < 1.29 is 23.4 Å². The first kappa shape index (κ1) is 27.6. The molecule has 0 bridgehead atoms. The second kappa shape index (κ2) is 10.2. The van der Waals surface area contributed by atoms with Crippen LogP contribution in [-0.2, 0) is 16.1 Å². The van der Waals surface area contributed by atoms with Crippen molar-refractivity contribution in [1.29, 1.82) is 0 Å². The van der Waals surface area contributed by atoms with Crippen LogP contribution in [0, 0.1) is 46.1 Å². The maximum Gasteiger partial charge on any atom is 0.188 e. The Kier molecular flexibility index (Phi) is 7.44. The van der Waals surface area contributed by atoms with Gasteiger partial charge in [0.25, 0.3) is 0 Å². The highest BCUT2D eigenvalue weighted by molar-refractivity contribution is 5.82. The third kappa shape index (κ3) is 5.03. The summed E-state index contributed by atoms with van der Waals surface area (Å²) in [5.41, 5.74) is -0.451. The Morgan fingerprint density at radius 2 is 1.89 bits per heavy atom. The molecular weight excluding hydrogens is 488 g/mol. The van der Waals surface area contributed by atoms with E-state index in [0.717, 1.165) is 70.5 Å². The number of hydrogen-bond acceptors (Lipinski definition) is 5. The van der Waals surface area contributed by atoms with Crippen molar-refractivity contribution in [2.75, 3.05) is 13.7 Å². The molecule has 3 aliphatic rings. The summed E-state index contributed by atoms with van der Waals surface area (Å²) in [5, 5.41) is 19.2. The van der Waals surface area contributed by atoms with Crippen molar-refractivity contribution in [3.05, 3.63) is 23.8 Å². The predicted octanol–water partition coefficient (Wildman–Crippen LogP) is 6.10. The lowest BCUT2D eigenvalue weighted by molar-refractivity contribution is -0.128. The topological polar surface area (TPSA) is 77.2 Å². The van der Waals surface area contributed by atoms with Gasteiger partial charge in [-0.25, -0.2) is 8.78 Å². The van der Waals surface area contributed by atoms with Crippen molar-refractivity contribution in [3.8, 4) is 0 Å². The van der Waals surface area contributed by atoms with Crippen LogP contribution in [0.4, 0.5) is 8.78 Å². The van der Waals surface area contributed by atoms with Crippen LogP contribution in [0.15, 0.2) is 12.1 Å². The molecule has 0 amide bonds. The second-order valence-electron chi connectivity index (χ2n) is 13.4. The van der Waals surface area contributed by atoms with Gasteiger partial charge in [0.05, 0.1) is 12.2 Å². The van der Waals surface area contributed by atoms with Gasteiger partial charge in [0.2, 0.25) is 0 Å². The minimum absolute atomic E-state index is 0.0140. The van der Waals surface area contributed by atoms with E-state index in [-0.39, 0.29) is 40.1 Å². The second-order valence-corrected chi connectivity index (χ2v) is 13.4. The molecular formula is C30H43F2N3O3. The van der Waals surface area contributed by atoms with E-state index >= 15 is 0 Å². The lowest BCUT2D eigenvalue weighted by Crippen LogP contribution is -2.45. The summed E-state index contributed by atoms with van der Waals surface area (Å²) < 4.78 is 33.3. The van der Waals surface area contributed by atoms with E-state index < -0.39 is 17.2 Å². The molecule has 1 N–H and O–H groups in total. The standard InChI is InChI=1S/C30H43F2N3O3/c1-28(18-38-4)14-15-29(2,37)16-20(28)8-7-19-6-5-13-30(3)21(19)9-10-22(30)25(36)17-35-33-24-12-11-23(31)26(32)27(24)34-35/h11-12,19-22,37H,5-10,13-18H2,1-4H3/t19-,20+,21-,22+,28-,29+,30-/m0/s1. The average Bonchev–Trinajstić information content (AvgIpc) is 3.43. The number of ether oxygens (including phenoxy) is 1. The molecule has 1 aromatic heterocycles. The molecule has 0 saturated heterocycles. The molecule has 1 aromatic carbocycles. The fourth-order valence-electron chi connectivity index (χ4n) is 8.53. The molecule has 0 unspecified atom stereocenters. The zero-order valence-electron chi connectivity index (χ0n) is 23.3. The molecule has 7 atom stereocenters. The Balaban J connectivity index is 1.27. The first-order valence-corrected chi connectivity index (χ1v) is 14.4. The number of fused-ring (bicyclic) bond motifs is 2. The van der Waals surface area contributed by atoms with Gasteiger partial charge in [-0.05, 0) is 99.0 Å². The highest BCUT2D eigenvalue weighted by atomic mass is 19.2. The van der Waals surface area contributed by atoms with Gasteiger partial charge in [-0.3, -0.25) is 4.79 Å². The van der Waals surface area contributed by atoms with Gasteiger partial charge in [-0.2, -0.15) is 9.90 Å². The van der Waals surface area contributed by atoms with E-state index in [2.05, 4.69) is 24.0 Å². The normalized spacial score (nSPS) is 37.4. The van der Waals surface area contributed by atoms with Crippen molar-refractivity contribution in [2.45, 2.75) is 97.1 Å². The quantitative estimate of drug-likeness (QED) is 0.446. The molecule has 1 heterocycles. The largest absolute Gasteiger partial charge is 0.390 e. The first-order valence-electron chi connectivity index (χ1n) is 14.4. The zero-order chi connectivity index (χ0) is 27.3. The molecule has 2 aromatic rings. The smallest absolute Gasteiger partial charge is 0.188 e. The lowest BCUT2D eigenvalue weighted by Gasteiger charge is -2.48. The molecule has 5 rings (SSSR count). The van der Waals surface area contributed by atoms with E-state index in [0.29, 0.717) is 17.8 Å². The Labute approximate surface area is 224 Å². The van der Waals surface area contributed by atoms with Gasteiger partial charge >= 0.3 is 0 Å². The molecule has 0 aliphatic heterocycles. The van der Waals surface area contributed by atoms with Gasteiger partial charge in [-0.15, -0.1) is 5.10 Å². The maximum absolute atomic E-state index is 14.1. The highest BCUT2D eigenvalue weighted by Gasteiger charge is 2.53. The van der Waals surface area contributed by atoms with E-state index in [4.69, 9.17) is 4.74 Å². The number of ketones is 1. The van der Waals surface area contributed by atoms with Crippen LogP contribution in [0.3, 0.4) is 0 Å². The average molecular weight is 532 g/mol. The van der Waals surface area contributed by atoms with Crippen LogP contribution in [0.1, 0.15) is 85.0 Å². The number of halogens is 2. The summed E-state index contributed by atoms with van der Waals surface area (Å²) in [7, 11) is 1.77. The Morgan fingerprint density at radius 1 is 1.11 bits per heavy atom. The number of carbonyl (C=O) groups is 1. The summed E-state index contributed by atoms with van der Waals surface area (Å²) in [6.45, 7) is 7.29. The molecule has 0 radical (unpaired) electrons. The van der Waals surface area contributed by atoms with Crippen LogP contribution in [-0.4, -0.2) is 45.2 Å². The van der Waals surface area contributed by atoms with Crippen molar-refractivity contribution >= 4 is 16.8 Å². The van der Waals surface area contributed by atoms with Gasteiger partial charge < -0.3 is 9.84 Å². The molecule has 210 valence electrons. The molecule has 3 saturated carbocycles. The fraction of sp³-hybridized carbons (Fsp3) is 0.767. The molecule has 8 heteroatoms. The van der Waals surface area contributed by atoms with Crippen molar-refractivity contribution in [2.24, 2.45) is 34.5 Å². The molecule has 3 fully saturated rings. The molecule has 3 aliphatic carbocycles. The third-order valence-corrected chi connectivity index (χ3v) is 10.7. The van der Waals surface area contributed by atoms with Crippen LogP contribution < -0.4 is 0 Å². The van der Waals surface area contributed by atoms with E-state index in [1.807, 2.05) is 6.92 Å². The number of aliphatic hydroxyl groups is 1. The summed E-state index contributed by atoms with van der Waals surface area (Å²) in [4.78, 5) is 14.8. The SMILES string of the molecule is COC[C@]1(C)CC[C@@](C)(O)C[C@H]1CC[C@@H]1CCC[C@]2(C)[C@@H](C(=O)Cn3nc4ccc(F)c(F)c4n3)CC[C@@H]12. The number of nitrogens with zero attached hydrogens (tertiary/aromatic N) is 3. The summed E-state index contributed by atoms with van der Waals surface area (Å²) in [6, 6.07) is 2.43. The number of hydrogen-bond donors (Lipinski definition) is 1. The number of aromatic nitrogens is 3. The van der Waals surface area contributed by atoms with Gasteiger partial charge in [0.15, 0.2) is 22.9 Å². The number of Topliss-reactive ketones (excluding diaryl/α,β-unsaturated/α-hetero) is 1. The van der Waals surface area contributed by atoms with E-state index in [9.17, 15) is 18.7 Å². The van der Waals surface area contributed by atoms with Crippen molar-refractivity contribution in [3.63, 3.8) is 0 Å². The summed E-state index contributed by atoms with van der Waals surface area (Å²) in [5.74, 6) is -0.469. The predicted molar refractivity (Wildman–Crippen MR) is 141 cm³/mol. The lowest BCUT2D eigenvalue weighted by atomic mass is 9.58. The highest BCUT2D eigenvalue weighted by Crippen LogP contribution is 2.59. The number of benzene rings is 1. The van der Waals surface area contributed by atoms with Crippen molar-refractivity contribution in [1.82, 2.24) is 15.0 Å². The summed E-state index contributed by atoms with van der Waals surface area (Å²) in [6.07, 6.45) is 10.1. The summed E-state index contributed by atoms with van der Waals surface area (Å²) >= 11 is 0. The van der Waals surface area contributed by atoms with Gasteiger partial charge in [0, 0.05) is 13.0 Å². The first-order chi connectivity index (χ1) is 18.0. The van der Waals surface area contributed by atoms with E-state index in [1.54, 1.807) is 7.11 Å². The van der Waals surface area contributed by atoms with Crippen LogP contribution >= 0.6 is 0 Å². The number of carbonyl (C=O) groups excluding carboxylic acids is 1.